The van der Waals surface area contributed by atoms with E-state index in [1.807, 2.05) is 48.5 Å². The quantitative estimate of drug-likeness (QED) is 0.434. The number of aromatic nitrogens is 4. The van der Waals surface area contributed by atoms with Crippen molar-refractivity contribution in [2.45, 2.75) is 6.42 Å². The number of hydrogen-bond donors (Lipinski definition) is 0. The molecule has 0 N–H and O–H groups in total. The fourth-order valence-electron chi connectivity index (χ4n) is 2.86. The first-order chi connectivity index (χ1) is 10.4. The molecule has 0 amide bonds. The lowest BCUT2D eigenvalue weighted by Gasteiger charge is -2.02. The SMILES string of the molecule is c1ccc2nc3c(nc2c1)Cc1nc2ccccc2nc1-3. The monoisotopic (exact) mass is 270 g/mol. The van der Waals surface area contributed by atoms with E-state index in [0.717, 1.165) is 44.8 Å². The molecule has 4 heteroatoms. The van der Waals surface area contributed by atoms with Crippen molar-refractivity contribution in [2.75, 3.05) is 0 Å². The van der Waals surface area contributed by atoms with Gasteiger partial charge in [0.2, 0.25) is 0 Å². The predicted molar refractivity (Wildman–Crippen MR) is 80.9 cm³/mol. The molecule has 21 heavy (non-hydrogen) atoms. The van der Waals surface area contributed by atoms with Gasteiger partial charge in [-0.05, 0) is 24.3 Å². The Labute approximate surface area is 120 Å². The summed E-state index contributed by atoms with van der Waals surface area (Å²) in [7, 11) is 0. The third-order valence-electron chi connectivity index (χ3n) is 3.84. The van der Waals surface area contributed by atoms with Crippen molar-refractivity contribution in [1.82, 2.24) is 19.9 Å². The van der Waals surface area contributed by atoms with E-state index in [1.165, 1.54) is 0 Å². The standard InChI is InChI=1S/C17H10N4/c1-3-7-12-10(5-1)18-14-9-15-17(16(14)20-12)21-13-8-4-2-6-11(13)19-15/h1-8H,9H2. The van der Waals surface area contributed by atoms with Gasteiger partial charge in [-0.3, -0.25) is 0 Å². The number of para-hydroxylation sites is 4. The molecule has 4 nitrogen and oxygen atoms in total. The second kappa shape index (κ2) is 3.82. The maximum atomic E-state index is 4.74. The van der Waals surface area contributed by atoms with E-state index >= 15 is 0 Å². The zero-order chi connectivity index (χ0) is 13.8. The van der Waals surface area contributed by atoms with Crippen LogP contribution in [0, 0.1) is 0 Å². The van der Waals surface area contributed by atoms with Gasteiger partial charge in [-0.2, -0.15) is 0 Å². The van der Waals surface area contributed by atoms with Crippen LogP contribution in [0.1, 0.15) is 11.4 Å². The third-order valence-corrected chi connectivity index (χ3v) is 3.84. The highest BCUT2D eigenvalue weighted by Gasteiger charge is 2.25. The van der Waals surface area contributed by atoms with Gasteiger partial charge in [-0.25, -0.2) is 19.9 Å². The van der Waals surface area contributed by atoms with Crippen molar-refractivity contribution >= 4 is 22.1 Å². The van der Waals surface area contributed by atoms with Crippen LogP contribution < -0.4 is 0 Å². The lowest BCUT2D eigenvalue weighted by molar-refractivity contribution is 1.08. The summed E-state index contributed by atoms with van der Waals surface area (Å²) in [6.07, 6.45) is 0.709. The number of fused-ring (bicyclic) bond motifs is 5. The molecule has 4 aromatic rings. The first-order valence-electron chi connectivity index (χ1n) is 6.90. The molecule has 0 radical (unpaired) electrons. The molecule has 0 spiro atoms. The number of nitrogens with zero attached hydrogens (tertiary/aromatic N) is 4. The largest absolute Gasteiger partial charge is 0.248 e. The smallest absolute Gasteiger partial charge is 0.113 e. The van der Waals surface area contributed by atoms with Crippen LogP contribution in [0.2, 0.25) is 0 Å². The summed E-state index contributed by atoms with van der Waals surface area (Å²) in [6, 6.07) is 15.9. The molecule has 0 saturated carbocycles. The molecule has 2 heterocycles. The summed E-state index contributed by atoms with van der Waals surface area (Å²) in [5, 5.41) is 0. The van der Waals surface area contributed by atoms with Crippen LogP contribution in [-0.2, 0) is 6.42 Å². The van der Waals surface area contributed by atoms with Gasteiger partial charge in [0.05, 0.1) is 33.5 Å². The zero-order valence-electron chi connectivity index (χ0n) is 11.1. The Balaban J connectivity index is 1.84. The van der Waals surface area contributed by atoms with Crippen LogP contribution in [0.15, 0.2) is 48.5 Å². The molecule has 1 aliphatic carbocycles. The van der Waals surface area contributed by atoms with Gasteiger partial charge in [0.25, 0.3) is 0 Å². The lowest BCUT2D eigenvalue weighted by Crippen LogP contribution is -1.93. The van der Waals surface area contributed by atoms with Gasteiger partial charge < -0.3 is 0 Å². The van der Waals surface area contributed by atoms with E-state index in [0.29, 0.717) is 6.42 Å². The van der Waals surface area contributed by atoms with Crippen molar-refractivity contribution in [3.63, 3.8) is 0 Å². The molecule has 2 aromatic carbocycles. The Morgan fingerprint density at radius 1 is 0.524 bits per heavy atom. The van der Waals surface area contributed by atoms with Crippen molar-refractivity contribution in [3.8, 4) is 11.4 Å². The molecule has 5 rings (SSSR count). The van der Waals surface area contributed by atoms with Crippen LogP contribution in [0.4, 0.5) is 0 Å². The van der Waals surface area contributed by atoms with Crippen molar-refractivity contribution in [2.24, 2.45) is 0 Å². The van der Waals surface area contributed by atoms with Crippen molar-refractivity contribution < 1.29 is 0 Å². The van der Waals surface area contributed by atoms with Crippen LogP contribution in [0.5, 0.6) is 0 Å². The first kappa shape index (κ1) is 10.9. The minimum atomic E-state index is 0.709. The highest BCUT2D eigenvalue weighted by atomic mass is 14.9. The first-order valence-corrected chi connectivity index (χ1v) is 6.90. The molecular weight excluding hydrogens is 260 g/mol. The second-order valence-corrected chi connectivity index (χ2v) is 5.19. The predicted octanol–water partition coefficient (Wildman–Crippen LogP) is 3.14. The summed E-state index contributed by atoms with van der Waals surface area (Å²) in [4.78, 5) is 18.9. The highest BCUT2D eigenvalue weighted by Crippen LogP contribution is 2.33. The highest BCUT2D eigenvalue weighted by molar-refractivity contribution is 5.83. The maximum Gasteiger partial charge on any atom is 0.113 e. The fraction of sp³-hybridized carbons (Fsp3) is 0.0588. The van der Waals surface area contributed by atoms with Gasteiger partial charge >= 0.3 is 0 Å². The number of rotatable bonds is 0. The summed E-state index contributed by atoms with van der Waals surface area (Å²) >= 11 is 0. The lowest BCUT2D eigenvalue weighted by atomic mass is 10.2. The van der Waals surface area contributed by atoms with Gasteiger partial charge in [0.15, 0.2) is 0 Å². The Kier molecular flexibility index (Phi) is 1.98. The molecule has 0 saturated heterocycles. The van der Waals surface area contributed by atoms with Crippen molar-refractivity contribution in [3.05, 3.63) is 59.9 Å². The average Bonchev–Trinajstić information content (AvgIpc) is 2.87. The second-order valence-electron chi connectivity index (χ2n) is 5.19. The van der Waals surface area contributed by atoms with E-state index in [1.54, 1.807) is 0 Å². The maximum absolute atomic E-state index is 4.74. The molecule has 1 aliphatic rings. The Hall–Kier alpha value is -2.88. The number of hydrogen-bond acceptors (Lipinski definition) is 4. The summed E-state index contributed by atoms with van der Waals surface area (Å²) in [5.41, 5.74) is 7.35. The molecule has 2 aromatic heterocycles. The normalized spacial score (nSPS) is 12.6. The Morgan fingerprint density at radius 3 is 1.33 bits per heavy atom. The van der Waals surface area contributed by atoms with E-state index in [9.17, 15) is 0 Å². The van der Waals surface area contributed by atoms with Crippen LogP contribution in [-0.4, -0.2) is 19.9 Å². The summed E-state index contributed by atoms with van der Waals surface area (Å²) < 4.78 is 0. The minimum absolute atomic E-state index is 0.709. The van der Waals surface area contributed by atoms with Crippen LogP contribution in [0.25, 0.3) is 33.5 Å². The molecule has 0 atom stereocenters. The van der Waals surface area contributed by atoms with Crippen LogP contribution in [0.3, 0.4) is 0 Å². The van der Waals surface area contributed by atoms with E-state index < -0.39 is 0 Å². The van der Waals surface area contributed by atoms with E-state index in [4.69, 9.17) is 19.9 Å². The topological polar surface area (TPSA) is 51.6 Å². The van der Waals surface area contributed by atoms with Gasteiger partial charge in [0.1, 0.15) is 11.4 Å². The molecule has 0 bridgehead atoms. The van der Waals surface area contributed by atoms with E-state index in [-0.39, 0.29) is 0 Å². The van der Waals surface area contributed by atoms with Crippen molar-refractivity contribution in [1.29, 1.82) is 0 Å². The molecule has 0 unspecified atom stereocenters. The van der Waals surface area contributed by atoms with Gasteiger partial charge in [0, 0.05) is 6.42 Å². The summed E-state index contributed by atoms with van der Waals surface area (Å²) in [6.45, 7) is 0. The fourth-order valence-corrected chi connectivity index (χ4v) is 2.86. The van der Waals surface area contributed by atoms with E-state index in [2.05, 4.69) is 0 Å². The molecule has 98 valence electrons. The van der Waals surface area contributed by atoms with Crippen LogP contribution >= 0.6 is 0 Å². The third kappa shape index (κ3) is 1.50. The molecule has 0 fully saturated rings. The Morgan fingerprint density at radius 2 is 0.905 bits per heavy atom. The minimum Gasteiger partial charge on any atom is -0.248 e. The van der Waals surface area contributed by atoms with Gasteiger partial charge in [-0.1, -0.05) is 24.3 Å². The molecular formula is C17H10N4. The Bertz CT molecular complexity index is 940. The zero-order valence-corrected chi connectivity index (χ0v) is 11.1. The number of benzene rings is 2. The molecule has 0 aliphatic heterocycles. The summed E-state index contributed by atoms with van der Waals surface area (Å²) in [5.74, 6) is 0. The van der Waals surface area contributed by atoms with Gasteiger partial charge in [-0.15, -0.1) is 0 Å². The average molecular weight is 270 g/mol.